The van der Waals surface area contributed by atoms with Crippen LogP contribution >= 0.6 is 0 Å². The van der Waals surface area contributed by atoms with Crippen molar-refractivity contribution in [2.24, 2.45) is 0 Å². The van der Waals surface area contributed by atoms with Gasteiger partial charge in [0.2, 0.25) is 6.54 Å². The summed E-state index contributed by atoms with van der Waals surface area (Å²) in [5.41, 5.74) is -0.119. The minimum Gasteiger partial charge on any atom is -0.418 e. The molecule has 1 aromatic carbocycles. The van der Waals surface area contributed by atoms with Crippen LogP contribution in [-0.2, 0) is 4.79 Å². The van der Waals surface area contributed by atoms with Crippen LogP contribution in [0.5, 0.6) is 5.75 Å². The predicted molar refractivity (Wildman–Crippen MR) is 96.2 cm³/mol. The molecule has 0 aliphatic rings. The number of nitro groups is 2. The summed E-state index contributed by atoms with van der Waals surface area (Å²) in [5, 5.41) is 21.4. The van der Waals surface area contributed by atoms with E-state index in [0.29, 0.717) is 6.08 Å². The van der Waals surface area contributed by atoms with Crippen molar-refractivity contribution in [2.75, 3.05) is 6.54 Å². The highest BCUT2D eigenvalue weighted by Crippen LogP contribution is 2.33. The SMILES string of the molecule is CCCCCC(CC)c1ccccc1OC(=O)/C(=C/C[N+](=O)[O-])[N+](=O)[O-]. The summed E-state index contributed by atoms with van der Waals surface area (Å²) in [7, 11) is 0. The van der Waals surface area contributed by atoms with Crippen LogP contribution in [0.25, 0.3) is 0 Å². The third-order valence-corrected chi connectivity index (χ3v) is 4.05. The second kappa shape index (κ2) is 11.0. The van der Waals surface area contributed by atoms with Crippen LogP contribution in [0.2, 0.25) is 0 Å². The minimum absolute atomic E-state index is 0.173. The molecule has 1 rings (SSSR count). The molecule has 0 spiro atoms. The van der Waals surface area contributed by atoms with E-state index in [1.165, 1.54) is 0 Å². The van der Waals surface area contributed by atoms with Crippen molar-refractivity contribution >= 4 is 5.97 Å². The van der Waals surface area contributed by atoms with Gasteiger partial charge >= 0.3 is 11.7 Å². The number of para-hydroxylation sites is 1. The fourth-order valence-corrected chi connectivity index (χ4v) is 2.68. The largest absolute Gasteiger partial charge is 0.418 e. The molecular weight excluding hydrogens is 340 g/mol. The van der Waals surface area contributed by atoms with Gasteiger partial charge in [0.1, 0.15) is 5.75 Å². The number of hydrogen-bond acceptors (Lipinski definition) is 6. The zero-order valence-electron chi connectivity index (χ0n) is 15.1. The number of carbonyl (C=O) groups is 1. The van der Waals surface area contributed by atoms with Crippen molar-refractivity contribution in [2.45, 2.75) is 51.9 Å². The van der Waals surface area contributed by atoms with Gasteiger partial charge in [-0.1, -0.05) is 51.3 Å². The summed E-state index contributed by atoms with van der Waals surface area (Å²) >= 11 is 0. The van der Waals surface area contributed by atoms with Crippen molar-refractivity contribution in [3.8, 4) is 5.75 Å². The molecule has 1 unspecified atom stereocenters. The first kappa shape index (κ1) is 21.3. The van der Waals surface area contributed by atoms with E-state index in [1.54, 1.807) is 12.1 Å². The Morgan fingerprint density at radius 1 is 1.19 bits per heavy atom. The third-order valence-electron chi connectivity index (χ3n) is 4.05. The first-order valence-electron chi connectivity index (χ1n) is 8.68. The molecule has 0 aliphatic heterocycles. The van der Waals surface area contributed by atoms with E-state index in [2.05, 4.69) is 6.92 Å². The number of nitrogens with zero attached hydrogens (tertiary/aromatic N) is 2. The maximum atomic E-state index is 12.1. The van der Waals surface area contributed by atoms with Gasteiger partial charge in [-0.15, -0.1) is 0 Å². The molecule has 26 heavy (non-hydrogen) atoms. The molecule has 0 amide bonds. The Morgan fingerprint density at radius 3 is 2.46 bits per heavy atom. The molecule has 0 N–H and O–H groups in total. The van der Waals surface area contributed by atoms with E-state index in [1.807, 2.05) is 19.1 Å². The van der Waals surface area contributed by atoms with Gasteiger partial charge in [-0.3, -0.25) is 20.2 Å². The molecule has 142 valence electrons. The molecule has 0 radical (unpaired) electrons. The van der Waals surface area contributed by atoms with Crippen LogP contribution in [-0.4, -0.2) is 22.4 Å². The molecule has 0 heterocycles. The fourth-order valence-electron chi connectivity index (χ4n) is 2.68. The highest BCUT2D eigenvalue weighted by Gasteiger charge is 2.27. The summed E-state index contributed by atoms with van der Waals surface area (Å²) in [5.74, 6) is -0.769. The van der Waals surface area contributed by atoms with Crippen LogP contribution < -0.4 is 4.74 Å². The maximum Gasteiger partial charge on any atom is 0.415 e. The highest BCUT2D eigenvalue weighted by atomic mass is 16.6. The van der Waals surface area contributed by atoms with Crippen LogP contribution in [0.4, 0.5) is 0 Å². The monoisotopic (exact) mass is 364 g/mol. The first-order valence-corrected chi connectivity index (χ1v) is 8.68. The van der Waals surface area contributed by atoms with Crippen LogP contribution in [0.3, 0.4) is 0 Å². The zero-order valence-corrected chi connectivity index (χ0v) is 15.1. The second-order valence-electron chi connectivity index (χ2n) is 5.89. The quantitative estimate of drug-likeness (QED) is 0.146. The van der Waals surface area contributed by atoms with Crippen LogP contribution in [0.15, 0.2) is 36.0 Å². The first-order chi connectivity index (χ1) is 12.4. The van der Waals surface area contributed by atoms with E-state index >= 15 is 0 Å². The second-order valence-corrected chi connectivity index (χ2v) is 5.89. The lowest BCUT2D eigenvalue weighted by molar-refractivity contribution is -0.472. The Balaban J connectivity index is 3.01. The highest BCUT2D eigenvalue weighted by molar-refractivity contribution is 5.87. The number of hydrogen-bond donors (Lipinski definition) is 0. The van der Waals surface area contributed by atoms with Crippen molar-refractivity contribution in [1.29, 1.82) is 0 Å². The van der Waals surface area contributed by atoms with E-state index in [-0.39, 0.29) is 11.7 Å². The molecule has 0 bridgehead atoms. The Morgan fingerprint density at radius 2 is 1.88 bits per heavy atom. The average molecular weight is 364 g/mol. The summed E-state index contributed by atoms with van der Waals surface area (Å²) < 4.78 is 5.22. The fraction of sp³-hybridized carbons (Fsp3) is 0.500. The van der Waals surface area contributed by atoms with E-state index in [0.717, 1.165) is 37.7 Å². The smallest absolute Gasteiger partial charge is 0.415 e. The molecule has 8 nitrogen and oxygen atoms in total. The lowest BCUT2D eigenvalue weighted by Gasteiger charge is -2.18. The van der Waals surface area contributed by atoms with Crippen molar-refractivity contribution in [3.63, 3.8) is 0 Å². The van der Waals surface area contributed by atoms with Gasteiger partial charge in [-0.25, -0.2) is 4.79 Å². The van der Waals surface area contributed by atoms with Crippen molar-refractivity contribution in [3.05, 3.63) is 61.8 Å². The van der Waals surface area contributed by atoms with Gasteiger partial charge in [0.25, 0.3) is 0 Å². The Bertz CT molecular complexity index is 671. The number of rotatable bonds is 11. The molecular formula is C18H24N2O6. The summed E-state index contributed by atoms with van der Waals surface area (Å²) in [6.45, 7) is 3.34. The van der Waals surface area contributed by atoms with Crippen molar-refractivity contribution < 1.29 is 19.4 Å². The maximum absolute atomic E-state index is 12.1. The van der Waals surface area contributed by atoms with Gasteiger partial charge in [0, 0.05) is 4.92 Å². The predicted octanol–water partition coefficient (Wildman–Crippen LogP) is 4.10. The molecule has 0 saturated carbocycles. The zero-order chi connectivity index (χ0) is 19.5. The number of carbonyl (C=O) groups excluding carboxylic acids is 1. The number of unbranched alkanes of at least 4 members (excludes halogenated alkanes) is 2. The number of esters is 1. The van der Waals surface area contributed by atoms with Gasteiger partial charge in [0.15, 0.2) is 0 Å². The molecule has 0 aromatic heterocycles. The van der Waals surface area contributed by atoms with Crippen LogP contribution in [0.1, 0.15) is 57.4 Å². The summed E-state index contributed by atoms with van der Waals surface area (Å²) in [4.78, 5) is 31.8. The van der Waals surface area contributed by atoms with Crippen LogP contribution in [0, 0.1) is 20.2 Å². The van der Waals surface area contributed by atoms with E-state index in [4.69, 9.17) is 4.74 Å². The minimum atomic E-state index is -1.20. The molecule has 0 saturated heterocycles. The molecule has 1 atom stereocenters. The topological polar surface area (TPSA) is 113 Å². The van der Waals surface area contributed by atoms with Gasteiger partial charge < -0.3 is 4.74 Å². The van der Waals surface area contributed by atoms with Gasteiger partial charge in [0.05, 0.1) is 11.0 Å². The number of benzene rings is 1. The molecule has 1 aromatic rings. The third kappa shape index (κ3) is 6.62. The molecule has 0 fully saturated rings. The van der Waals surface area contributed by atoms with E-state index in [9.17, 15) is 25.0 Å². The Hall–Kier alpha value is -2.77. The normalized spacial score (nSPS) is 12.5. The summed E-state index contributed by atoms with van der Waals surface area (Å²) in [6, 6.07) is 6.93. The van der Waals surface area contributed by atoms with Gasteiger partial charge in [-0.05, 0) is 30.4 Å². The van der Waals surface area contributed by atoms with Crippen molar-refractivity contribution in [1.82, 2.24) is 0 Å². The molecule has 0 aliphatic carbocycles. The van der Waals surface area contributed by atoms with E-state index < -0.39 is 28.1 Å². The van der Waals surface area contributed by atoms with Gasteiger partial charge in [-0.2, -0.15) is 0 Å². The lowest BCUT2D eigenvalue weighted by Crippen LogP contribution is -2.19. The lowest BCUT2D eigenvalue weighted by atomic mass is 9.90. The molecule has 8 heteroatoms. The summed E-state index contributed by atoms with van der Waals surface area (Å²) in [6.07, 6.45) is 5.67. The Kier molecular flexibility index (Phi) is 8.97. The average Bonchev–Trinajstić information content (AvgIpc) is 2.59. The Labute approximate surface area is 152 Å². The standard InChI is InChI=1S/C18H24N2O6/c1-3-5-6-9-14(4-2)15-10-7-8-11-17(15)26-18(21)16(20(24)25)12-13-19(22)23/h7-8,10-12,14H,3-6,9,13H2,1-2H3/b16-12-. The number of ether oxygens (including phenoxy) is 1.